The molecule has 0 saturated heterocycles. The summed E-state index contributed by atoms with van der Waals surface area (Å²) in [7, 11) is 0. The zero-order valence-corrected chi connectivity index (χ0v) is 11.4. The number of urea groups is 1. The molecule has 0 aliphatic carbocycles. The van der Waals surface area contributed by atoms with Crippen molar-refractivity contribution >= 4 is 23.5 Å². The minimum atomic E-state index is -0.562. The van der Waals surface area contributed by atoms with Crippen LogP contribution in [0.25, 0.3) is 0 Å². The number of benzene rings is 1. The first-order chi connectivity index (χ1) is 9.51. The Morgan fingerprint density at radius 1 is 1.25 bits per heavy atom. The number of anilines is 1. The summed E-state index contributed by atoms with van der Waals surface area (Å²) in [4.78, 5) is 33.4. The van der Waals surface area contributed by atoms with E-state index < -0.39 is 11.9 Å². The molecule has 1 aromatic carbocycles. The quantitative estimate of drug-likeness (QED) is 0.745. The van der Waals surface area contributed by atoms with E-state index in [1.54, 1.807) is 31.2 Å². The second kappa shape index (κ2) is 7.78. The van der Waals surface area contributed by atoms with Gasteiger partial charge in [0.05, 0.1) is 0 Å². The fourth-order valence-electron chi connectivity index (χ4n) is 1.38. The fourth-order valence-corrected chi connectivity index (χ4v) is 1.38. The number of carbonyl (C=O) groups is 3. The molecule has 3 N–H and O–H groups in total. The number of hydrogen-bond donors (Lipinski definition) is 3. The maximum atomic E-state index is 11.4. The van der Waals surface area contributed by atoms with E-state index in [4.69, 9.17) is 4.74 Å². The Bertz CT molecular complexity index is 502. The van der Waals surface area contributed by atoms with E-state index in [-0.39, 0.29) is 12.5 Å². The summed E-state index contributed by atoms with van der Waals surface area (Å²) < 4.78 is 5.23. The molecule has 0 heterocycles. The van der Waals surface area contributed by atoms with Crippen molar-refractivity contribution in [3.8, 4) is 5.75 Å². The molecule has 0 radical (unpaired) electrons. The van der Waals surface area contributed by atoms with E-state index in [0.29, 0.717) is 18.0 Å². The molecule has 0 fully saturated rings. The van der Waals surface area contributed by atoms with Gasteiger partial charge in [0.1, 0.15) is 5.75 Å². The number of imide groups is 1. The van der Waals surface area contributed by atoms with Crippen molar-refractivity contribution in [2.75, 3.05) is 18.5 Å². The van der Waals surface area contributed by atoms with Crippen LogP contribution in [0.4, 0.5) is 10.5 Å². The van der Waals surface area contributed by atoms with Gasteiger partial charge < -0.3 is 15.4 Å². The Hall–Kier alpha value is -2.57. The lowest BCUT2D eigenvalue weighted by Crippen LogP contribution is -2.41. The predicted molar refractivity (Wildman–Crippen MR) is 73.5 cm³/mol. The fraction of sp³-hybridized carbons (Fsp3) is 0.308. The third-order valence-electron chi connectivity index (χ3n) is 2.11. The van der Waals surface area contributed by atoms with Crippen molar-refractivity contribution in [1.29, 1.82) is 0 Å². The van der Waals surface area contributed by atoms with Gasteiger partial charge in [0, 0.05) is 25.2 Å². The van der Waals surface area contributed by atoms with Crippen molar-refractivity contribution in [3.05, 3.63) is 24.3 Å². The molecule has 0 aliphatic rings. The molecule has 20 heavy (non-hydrogen) atoms. The number of amides is 4. The lowest BCUT2D eigenvalue weighted by atomic mass is 10.3. The third kappa shape index (κ3) is 5.85. The highest BCUT2D eigenvalue weighted by Crippen LogP contribution is 2.17. The largest absolute Gasteiger partial charge is 0.484 e. The third-order valence-corrected chi connectivity index (χ3v) is 2.11. The summed E-state index contributed by atoms with van der Waals surface area (Å²) in [6.07, 6.45) is 0. The highest BCUT2D eigenvalue weighted by Gasteiger charge is 2.07. The second-order valence-electron chi connectivity index (χ2n) is 3.91. The van der Waals surface area contributed by atoms with Crippen LogP contribution in [0.15, 0.2) is 24.3 Å². The summed E-state index contributed by atoms with van der Waals surface area (Å²) in [6, 6.07) is 6.05. The average molecular weight is 279 g/mol. The number of nitrogens with one attached hydrogen (secondary N) is 3. The van der Waals surface area contributed by atoms with Gasteiger partial charge >= 0.3 is 6.03 Å². The summed E-state index contributed by atoms with van der Waals surface area (Å²) in [5.74, 6) is -0.334. The monoisotopic (exact) mass is 279 g/mol. The number of carbonyl (C=O) groups excluding carboxylic acids is 3. The van der Waals surface area contributed by atoms with E-state index in [2.05, 4.69) is 16.0 Å². The van der Waals surface area contributed by atoms with E-state index in [1.807, 2.05) is 0 Å². The Balaban J connectivity index is 2.47. The minimum Gasteiger partial charge on any atom is -0.484 e. The molecule has 0 saturated carbocycles. The van der Waals surface area contributed by atoms with Gasteiger partial charge in [0.2, 0.25) is 5.91 Å². The van der Waals surface area contributed by atoms with Gasteiger partial charge in [-0.1, -0.05) is 6.07 Å². The number of rotatable bonds is 5. The maximum absolute atomic E-state index is 11.4. The first-order valence-electron chi connectivity index (χ1n) is 6.09. The first kappa shape index (κ1) is 15.5. The van der Waals surface area contributed by atoms with Gasteiger partial charge in [-0.3, -0.25) is 14.9 Å². The molecule has 7 nitrogen and oxygen atoms in total. The van der Waals surface area contributed by atoms with Gasteiger partial charge in [0.15, 0.2) is 6.61 Å². The van der Waals surface area contributed by atoms with Crippen LogP contribution in [0.3, 0.4) is 0 Å². The van der Waals surface area contributed by atoms with Gasteiger partial charge in [-0.05, 0) is 19.1 Å². The van der Waals surface area contributed by atoms with Gasteiger partial charge in [-0.15, -0.1) is 0 Å². The Morgan fingerprint density at radius 2 is 2.00 bits per heavy atom. The van der Waals surface area contributed by atoms with Crippen LogP contribution >= 0.6 is 0 Å². The molecular formula is C13H17N3O4. The molecule has 0 unspecified atom stereocenters. The van der Waals surface area contributed by atoms with Crippen LogP contribution in [-0.4, -0.2) is 31.0 Å². The minimum absolute atomic E-state index is 0.198. The molecule has 0 aromatic heterocycles. The number of hydrogen-bond acceptors (Lipinski definition) is 4. The molecule has 0 aliphatic heterocycles. The zero-order valence-electron chi connectivity index (χ0n) is 11.4. The van der Waals surface area contributed by atoms with E-state index in [9.17, 15) is 14.4 Å². The summed E-state index contributed by atoms with van der Waals surface area (Å²) >= 11 is 0. The van der Waals surface area contributed by atoms with Crippen molar-refractivity contribution in [2.24, 2.45) is 0 Å². The van der Waals surface area contributed by atoms with Gasteiger partial charge in [-0.2, -0.15) is 0 Å². The first-order valence-corrected chi connectivity index (χ1v) is 6.09. The lowest BCUT2D eigenvalue weighted by Gasteiger charge is -2.08. The number of ether oxygens (including phenoxy) is 1. The van der Waals surface area contributed by atoms with Gasteiger partial charge in [-0.25, -0.2) is 4.79 Å². The van der Waals surface area contributed by atoms with Crippen molar-refractivity contribution in [3.63, 3.8) is 0 Å². The Kier molecular flexibility index (Phi) is 6.02. The molecule has 7 heteroatoms. The SMILES string of the molecule is CCNC(=O)NC(=O)COc1cccc(NC(C)=O)c1. The smallest absolute Gasteiger partial charge is 0.321 e. The van der Waals surface area contributed by atoms with E-state index >= 15 is 0 Å². The van der Waals surface area contributed by atoms with E-state index in [0.717, 1.165) is 0 Å². The molecule has 0 atom stereocenters. The molecule has 0 bridgehead atoms. The van der Waals surface area contributed by atoms with Crippen molar-refractivity contribution in [2.45, 2.75) is 13.8 Å². The molecule has 1 rings (SSSR count). The standard InChI is InChI=1S/C13H17N3O4/c1-3-14-13(19)16-12(18)8-20-11-6-4-5-10(7-11)15-9(2)17/h4-7H,3,8H2,1-2H3,(H,15,17)(H2,14,16,18,19). The Morgan fingerprint density at radius 3 is 2.65 bits per heavy atom. The highest BCUT2D eigenvalue weighted by atomic mass is 16.5. The Labute approximate surface area is 116 Å². The molecule has 108 valence electrons. The van der Waals surface area contributed by atoms with E-state index in [1.165, 1.54) is 6.92 Å². The summed E-state index contributed by atoms with van der Waals surface area (Å²) in [6.45, 7) is 3.28. The zero-order chi connectivity index (χ0) is 15.0. The molecule has 0 spiro atoms. The normalized spacial score (nSPS) is 9.50. The summed E-state index contributed by atoms with van der Waals surface area (Å²) in [5.41, 5.74) is 0.569. The topological polar surface area (TPSA) is 96.5 Å². The van der Waals surface area contributed by atoms with Crippen LogP contribution in [-0.2, 0) is 9.59 Å². The van der Waals surface area contributed by atoms with Crippen LogP contribution < -0.4 is 20.7 Å². The highest BCUT2D eigenvalue weighted by molar-refractivity contribution is 5.95. The van der Waals surface area contributed by atoms with Crippen molar-refractivity contribution < 1.29 is 19.1 Å². The van der Waals surface area contributed by atoms with Crippen LogP contribution in [0, 0.1) is 0 Å². The molecule has 1 aromatic rings. The lowest BCUT2D eigenvalue weighted by molar-refractivity contribution is -0.122. The van der Waals surface area contributed by atoms with Gasteiger partial charge in [0.25, 0.3) is 5.91 Å². The van der Waals surface area contributed by atoms with Crippen LogP contribution in [0.2, 0.25) is 0 Å². The predicted octanol–water partition coefficient (Wildman–Crippen LogP) is 0.869. The maximum Gasteiger partial charge on any atom is 0.321 e. The van der Waals surface area contributed by atoms with Crippen LogP contribution in [0.1, 0.15) is 13.8 Å². The molecule has 4 amide bonds. The van der Waals surface area contributed by atoms with Crippen molar-refractivity contribution in [1.82, 2.24) is 10.6 Å². The molecular weight excluding hydrogens is 262 g/mol. The van der Waals surface area contributed by atoms with Crippen LogP contribution in [0.5, 0.6) is 5.75 Å². The second-order valence-corrected chi connectivity index (χ2v) is 3.91. The average Bonchev–Trinajstić information content (AvgIpc) is 2.36. The summed E-state index contributed by atoms with van der Waals surface area (Å²) in [5, 5.41) is 7.14.